The van der Waals surface area contributed by atoms with E-state index in [1.807, 2.05) is 6.92 Å². The molecule has 1 aromatic carbocycles. The minimum absolute atomic E-state index is 0.0211. The number of hydrogen-bond donors (Lipinski definition) is 3. The first-order chi connectivity index (χ1) is 9.43. The predicted molar refractivity (Wildman–Crippen MR) is 77.5 cm³/mol. The molecule has 3 N–H and O–H groups in total. The molecule has 20 heavy (non-hydrogen) atoms. The van der Waals surface area contributed by atoms with Crippen LogP contribution in [0.2, 0.25) is 0 Å². The Labute approximate surface area is 115 Å². The minimum atomic E-state index is -3.44. The van der Waals surface area contributed by atoms with E-state index in [1.165, 1.54) is 18.2 Å². The van der Waals surface area contributed by atoms with Gasteiger partial charge in [-0.1, -0.05) is 13.3 Å². The molecule has 0 bridgehead atoms. The highest BCUT2D eigenvalue weighted by Gasteiger charge is 2.11. The van der Waals surface area contributed by atoms with Gasteiger partial charge >= 0.3 is 0 Å². The molecular weight excluding hydrogens is 282 g/mol. The van der Waals surface area contributed by atoms with Crippen LogP contribution >= 0.6 is 0 Å². The zero-order valence-electron chi connectivity index (χ0n) is 10.9. The summed E-state index contributed by atoms with van der Waals surface area (Å²) >= 11 is 0. The molecule has 2 rings (SSSR count). The second-order valence-corrected chi connectivity index (χ2v) is 6.28. The van der Waals surface area contributed by atoms with Crippen LogP contribution in [0, 0.1) is 0 Å². The van der Waals surface area contributed by atoms with Crippen molar-refractivity contribution in [2.45, 2.75) is 19.8 Å². The van der Waals surface area contributed by atoms with E-state index in [4.69, 9.17) is 0 Å². The summed E-state index contributed by atoms with van der Waals surface area (Å²) in [5, 5.41) is 4.76. The third-order valence-corrected chi connectivity index (χ3v) is 4.21. The Morgan fingerprint density at radius 2 is 1.75 bits per heavy atom. The Balaban J connectivity index is 2.41. The number of fused-ring (bicyclic) bond motifs is 1. The molecule has 0 saturated heterocycles. The molecule has 0 fully saturated rings. The second-order valence-electron chi connectivity index (χ2n) is 4.44. The number of benzene rings is 1. The fourth-order valence-corrected chi connectivity index (χ4v) is 3.06. The molecule has 0 spiro atoms. The van der Waals surface area contributed by atoms with Crippen molar-refractivity contribution in [2.24, 2.45) is 0 Å². The van der Waals surface area contributed by atoms with Crippen LogP contribution in [0.3, 0.4) is 0 Å². The fourth-order valence-electron chi connectivity index (χ4n) is 1.81. The van der Waals surface area contributed by atoms with E-state index in [0.29, 0.717) is 6.42 Å². The normalized spacial score (nSPS) is 11.7. The van der Waals surface area contributed by atoms with E-state index in [0.717, 1.165) is 6.42 Å². The topological polar surface area (TPSA) is 112 Å². The highest BCUT2D eigenvalue weighted by Crippen LogP contribution is 2.15. The Kier molecular flexibility index (Phi) is 3.93. The number of hydrogen-bond acceptors (Lipinski definition) is 4. The Hall–Kier alpha value is -2.09. The van der Waals surface area contributed by atoms with E-state index in [1.54, 1.807) is 0 Å². The van der Waals surface area contributed by atoms with Crippen LogP contribution in [0.4, 0.5) is 5.69 Å². The van der Waals surface area contributed by atoms with E-state index >= 15 is 0 Å². The number of aromatic amines is 2. The first-order valence-electron chi connectivity index (χ1n) is 6.18. The van der Waals surface area contributed by atoms with Crippen LogP contribution < -0.4 is 15.8 Å². The van der Waals surface area contributed by atoms with Gasteiger partial charge in [0.05, 0.1) is 16.5 Å². The van der Waals surface area contributed by atoms with Gasteiger partial charge in [0, 0.05) is 5.69 Å². The first kappa shape index (κ1) is 14.3. The lowest BCUT2D eigenvalue weighted by Crippen LogP contribution is -2.20. The van der Waals surface area contributed by atoms with Crippen LogP contribution in [0.1, 0.15) is 19.8 Å². The van der Waals surface area contributed by atoms with Gasteiger partial charge in [0.1, 0.15) is 0 Å². The molecule has 1 aromatic heterocycles. The molecule has 1 heterocycles. The number of H-pyrrole nitrogens is 2. The summed E-state index contributed by atoms with van der Waals surface area (Å²) in [5.41, 5.74) is -0.640. The van der Waals surface area contributed by atoms with Crippen molar-refractivity contribution in [1.29, 1.82) is 0 Å². The Bertz CT molecular complexity index is 836. The van der Waals surface area contributed by atoms with E-state index in [2.05, 4.69) is 14.9 Å². The molecule has 0 aliphatic rings. The summed E-state index contributed by atoms with van der Waals surface area (Å²) < 4.78 is 26.0. The number of sulfonamides is 1. The molecule has 0 unspecified atom stereocenters. The molecule has 7 nitrogen and oxygen atoms in total. The van der Waals surface area contributed by atoms with Gasteiger partial charge in [-0.25, -0.2) is 8.42 Å². The minimum Gasteiger partial charge on any atom is -0.284 e. The summed E-state index contributed by atoms with van der Waals surface area (Å²) in [6.07, 6.45) is 1.33. The van der Waals surface area contributed by atoms with Gasteiger partial charge < -0.3 is 0 Å². The molecule has 0 aliphatic carbocycles. The summed E-state index contributed by atoms with van der Waals surface area (Å²) in [6, 6.07) is 4.23. The smallest absolute Gasteiger partial charge is 0.270 e. The van der Waals surface area contributed by atoms with Gasteiger partial charge in [0.25, 0.3) is 11.1 Å². The Morgan fingerprint density at radius 3 is 2.40 bits per heavy atom. The molecule has 108 valence electrons. The van der Waals surface area contributed by atoms with Gasteiger partial charge in [-0.05, 0) is 24.6 Å². The average molecular weight is 297 g/mol. The standard InChI is InChI=1S/C12H15N3O4S/c1-2-3-6-20(18,19)15-8-4-5-9-10(7-8)12(17)14-13-11(9)16/h4-5,7,15H,2-3,6H2,1H3,(H,13,16)(H,14,17). The zero-order valence-corrected chi connectivity index (χ0v) is 11.7. The number of aromatic nitrogens is 2. The van der Waals surface area contributed by atoms with Crippen LogP contribution in [0.25, 0.3) is 10.8 Å². The van der Waals surface area contributed by atoms with Gasteiger partial charge in [-0.3, -0.25) is 24.5 Å². The molecule has 0 saturated carbocycles. The van der Waals surface area contributed by atoms with Crippen molar-refractivity contribution in [3.8, 4) is 0 Å². The maximum Gasteiger partial charge on any atom is 0.270 e. The molecule has 2 aromatic rings. The first-order valence-corrected chi connectivity index (χ1v) is 7.83. The van der Waals surface area contributed by atoms with Crippen LogP contribution in [0.5, 0.6) is 0 Å². The summed E-state index contributed by atoms with van der Waals surface area (Å²) in [7, 11) is -3.44. The van der Waals surface area contributed by atoms with Crippen molar-refractivity contribution < 1.29 is 8.42 Å². The molecular formula is C12H15N3O4S. The third kappa shape index (κ3) is 3.08. The monoisotopic (exact) mass is 297 g/mol. The van der Waals surface area contributed by atoms with E-state index < -0.39 is 21.1 Å². The molecule has 0 atom stereocenters. The van der Waals surface area contributed by atoms with Crippen LogP contribution in [-0.2, 0) is 10.0 Å². The zero-order chi connectivity index (χ0) is 14.8. The summed E-state index contributed by atoms with van der Waals surface area (Å²) in [4.78, 5) is 23.1. The van der Waals surface area contributed by atoms with E-state index in [9.17, 15) is 18.0 Å². The molecule has 8 heteroatoms. The van der Waals surface area contributed by atoms with Crippen molar-refractivity contribution in [2.75, 3.05) is 10.5 Å². The van der Waals surface area contributed by atoms with E-state index in [-0.39, 0.29) is 22.2 Å². The lowest BCUT2D eigenvalue weighted by molar-refractivity contribution is 0.598. The largest absolute Gasteiger partial charge is 0.284 e. The fraction of sp³-hybridized carbons (Fsp3) is 0.333. The van der Waals surface area contributed by atoms with Crippen molar-refractivity contribution in [1.82, 2.24) is 10.2 Å². The van der Waals surface area contributed by atoms with Crippen molar-refractivity contribution in [3.63, 3.8) is 0 Å². The van der Waals surface area contributed by atoms with Crippen LogP contribution in [-0.4, -0.2) is 24.4 Å². The predicted octanol–water partition coefficient (Wildman–Crippen LogP) is 0.758. The quantitative estimate of drug-likeness (QED) is 0.756. The Morgan fingerprint density at radius 1 is 1.10 bits per heavy atom. The average Bonchev–Trinajstić information content (AvgIpc) is 2.40. The molecule has 0 amide bonds. The van der Waals surface area contributed by atoms with Crippen LogP contribution in [0.15, 0.2) is 27.8 Å². The summed E-state index contributed by atoms with van der Waals surface area (Å²) in [5.74, 6) is 0.0211. The number of unbranched alkanes of at least 4 members (excludes halogenated alkanes) is 1. The summed E-state index contributed by atoms with van der Waals surface area (Å²) in [6.45, 7) is 1.90. The highest BCUT2D eigenvalue weighted by molar-refractivity contribution is 7.92. The number of rotatable bonds is 5. The van der Waals surface area contributed by atoms with Crippen molar-refractivity contribution in [3.05, 3.63) is 38.9 Å². The van der Waals surface area contributed by atoms with Crippen molar-refractivity contribution >= 4 is 26.5 Å². The maximum absolute atomic E-state index is 11.8. The molecule has 0 aliphatic heterocycles. The number of anilines is 1. The number of nitrogens with one attached hydrogen (secondary N) is 3. The second kappa shape index (κ2) is 5.49. The lowest BCUT2D eigenvalue weighted by atomic mass is 10.2. The molecule has 0 radical (unpaired) electrons. The van der Waals surface area contributed by atoms with Gasteiger partial charge in [-0.2, -0.15) is 0 Å². The SMILES string of the molecule is CCCCS(=O)(=O)Nc1ccc2c(=O)[nH][nH]c(=O)c2c1. The highest BCUT2D eigenvalue weighted by atomic mass is 32.2. The lowest BCUT2D eigenvalue weighted by Gasteiger charge is -2.07. The third-order valence-electron chi connectivity index (χ3n) is 2.84. The van der Waals surface area contributed by atoms with Gasteiger partial charge in [-0.15, -0.1) is 0 Å². The van der Waals surface area contributed by atoms with Gasteiger partial charge in [0.2, 0.25) is 10.0 Å². The van der Waals surface area contributed by atoms with Gasteiger partial charge in [0.15, 0.2) is 0 Å². The maximum atomic E-state index is 11.8.